The van der Waals surface area contributed by atoms with Gasteiger partial charge in [0, 0.05) is 22.1 Å². The van der Waals surface area contributed by atoms with Crippen molar-refractivity contribution in [2.24, 2.45) is 10.9 Å². The highest BCUT2D eigenvalue weighted by Crippen LogP contribution is 2.39. The lowest BCUT2D eigenvalue weighted by atomic mass is 9.86. The smallest absolute Gasteiger partial charge is 0.126 e. The Kier molecular flexibility index (Phi) is 10.7. The summed E-state index contributed by atoms with van der Waals surface area (Å²) >= 11 is 6.04. The summed E-state index contributed by atoms with van der Waals surface area (Å²) in [4.78, 5) is 11.3. The fraction of sp³-hybridized carbons (Fsp3) is 0.462. The second-order valence-corrected chi connectivity index (χ2v) is 13.5. The minimum absolute atomic E-state index is 0.533. The minimum Gasteiger partial charge on any atom is -0.488 e. The number of likely N-dealkylation sites (tertiary alicyclic amines) is 1. The lowest BCUT2D eigenvalue weighted by Gasteiger charge is -2.32. The van der Waals surface area contributed by atoms with Gasteiger partial charge in [-0.05, 0) is 130 Å². The molecule has 4 aromatic rings. The van der Waals surface area contributed by atoms with Crippen LogP contribution in [0.1, 0.15) is 86.8 Å². The van der Waals surface area contributed by atoms with E-state index in [9.17, 15) is 0 Å². The molecule has 0 aliphatic carbocycles. The van der Waals surface area contributed by atoms with Gasteiger partial charge in [-0.25, -0.2) is 0 Å². The third-order valence-corrected chi connectivity index (χ3v) is 10.2. The molecule has 0 saturated carbocycles. The molecular weight excluding hydrogens is 562 g/mol. The predicted molar refractivity (Wildman–Crippen MR) is 186 cm³/mol. The normalized spacial score (nSPS) is 17.8. The summed E-state index contributed by atoms with van der Waals surface area (Å²) in [6.07, 6.45) is 16.2. The van der Waals surface area contributed by atoms with Crippen LogP contribution in [0.2, 0.25) is 5.02 Å². The molecule has 0 spiro atoms. The van der Waals surface area contributed by atoms with E-state index in [1.165, 1.54) is 111 Å². The van der Waals surface area contributed by atoms with Crippen molar-refractivity contribution in [2.45, 2.75) is 83.5 Å². The highest BCUT2D eigenvalue weighted by molar-refractivity contribution is 6.30. The Hall–Kier alpha value is -3.08. The summed E-state index contributed by atoms with van der Waals surface area (Å²) in [7, 11) is 0. The Labute approximate surface area is 268 Å². The van der Waals surface area contributed by atoms with Crippen molar-refractivity contribution >= 4 is 33.9 Å². The molecule has 1 fully saturated rings. The predicted octanol–water partition coefficient (Wildman–Crippen LogP) is 10.5. The molecule has 0 amide bonds. The van der Waals surface area contributed by atoms with Gasteiger partial charge in [-0.15, -0.1) is 0 Å². The van der Waals surface area contributed by atoms with Gasteiger partial charge >= 0.3 is 0 Å². The van der Waals surface area contributed by atoms with Gasteiger partial charge in [-0.1, -0.05) is 73.7 Å². The molecule has 1 saturated heterocycles. The molecule has 0 bridgehead atoms. The van der Waals surface area contributed by atoms with E-state index in [0.717, 1.165) is 35.2 Å². The van der Waals surface area contributed by atoms with Crippen LogP contribution in [-0.2, 0) is 6.42 Å². The Balaban J connectivity index is 0.892. The number of fused-ring (bicyclic) bond motifs is 2. The molecule has 4 nitrogen and oxygen atoms in total. The summed E-state index contributed by atoms with van der Waals surface area (Å²) in [5, 5.41) is 2.12. The number of H-pyrrole nitrogens is 1. The van der Waals surface area contributed by atoms with Crippen molar-refractivity contribution in [1.82, 2.24) is 9.88 Å². The average molecular weight is 610 g/mol. The van der Waals surface area contributed by atoms with Crippen molar-refractivity contribution in [1.29, 1.82) is 0 Å². The molecule has 0 radical (unpaired) electrons. The van der Waals surface area contributed by atoms with Crippen molar-refractivity contribution in [3.8, 4) is 5.75 Å². The number of unbranched alkanes of at least 4 members (excludes halogenated alkanes) is 2. The number of nitrogens with zero attached hydrogens (tertiary/aromatic N) is 2. The summed E-state index contributed by atoms with van der Waals surface area (Å²) < 4.78 is 6.08. The number of aryl methyl sites for hydroxylation is 2. The van der Waals surface area contributed by atoms with E-state index in [1.54, 1.807) is 0 Å². The highest BCUT2D eigenvalue weighted by atomic mass is 35.5. The third-order valence-electron chi connectivity index (χ3n) is 9.95. The number of rotatable bonds is 13. The first-order valence-corrected chi connectivity index (χ1v) is 17.3. The summed E-state index contributed by atoms with van der Waals surface area (Å²) in [6.45, 7) is 6.51. The van der Waals surface area contributed by atoms with E-state index in [4.69, 9.17) is 21.3 Å². The molecule has 2 aliphatic rings. The maximum atomic E-state index is 6.08. The summed E-state index contributed by atoms with van der Waals surface area (Å²) in [5.74, 6) is 2.34. The second kappa shape index (κ2) is 15.3. The van der Waals surface area contributed by atoms with Crippen molar-refractivity contribution in [3.05, 3.63) is 94.6 Å². The number of para-hydroxylation sites is 2. The van der Waals surface area contributed by atoms with Crippen LogP contribution in [0, 0.1) is 12.8 Å². The number of hydrogen-bond donors (Lipinski definition) is 1. The number of ether oxygens (including phenoxy) is 1. The van der Waals surface area contributed by atoms with Gasteiger partial charge in [0.15, 0.2) is 0 Å². The number of piperidine rings is 1. The largest absolute Gasteiger partial charge is 0.488 e. The van der Waals surface area contributed by atoms with Gasteiger partial charge in [-0.3, -0.25) is 4.99 Å². The van der Waals surface area contributed by atoms with E-state index in [0.29, 0.717) is 12.5 Å². The molecule has 1 unspecified atom stereocenters. The lowest BCUT2D eigenvalue weighted by molar-refractivity contribution is 0.175. The molecule has 1 atom stereocenters. The van der Waals surface area contributed by atoms with E-state index < -0.39 is 0 Å². The van der Waals surface area contributed by atoms with Crippen LogP contribution in [0.3, 0.4) is 0 Å². The van der Waals surface area contributed by atoms with E-state index in [-0.39, 0.29) is 0 Å². The summed E-state index contributed by atoms with van der Waals surface area (Å²) in [5.41, 5.74) is 7.75. The Morgan fingerprint density at radius 2 is 1.70 bits per heavy atom. The molecule has 5 heteroatoms. The van der Waals surface area contributed by atoms with E-state index in [2.05, 4.69) is 65.5 Å². The molecule has 1 aromatic heterocycles. The number of nitrogens with one attached hydrogen (secondary N) is 1. The second-order valence-electron chi connectivity index (χ2n) is 13.1. The van der Waals surface area contributed by atoms with E-state index >= 15 is 0 Å². The number of halogens is 1. The standard InChI is InChI=1S/C39H48ClN3O/c1-29-9-7-14-37-31(16-19-34(42-39(29)37)28-44-35-20-17-33(40)18-21-35)11-4-2-3-10-30-22-25-43(26-23-30)24-8-12-32-27-41-38-15-6-5-13-36(32)38/h5-7,9,13-15,17-18,20-21,27,30-31,41H,2-4,8,10-12,16,19,22-26,28H2,1H3. The average Bonchev–Trinajstić information content (AvgIpc) is 3.37. The molecule has 2 aliphatic heterocycles. The van der Waals surface area contributed by atoms with Gasteiger partial charge in [-0.2, -0.15) is 0 Å². The van der Waals surface area contributed by atoms with Crippen LogP contribution in [0.25, 0.3) is 10.9 Å². The zero-order chi connectivity index (χ0) is 30.1. The molecule has 44 heavy (non-hydrogen) atoms. The number of aliphatic imine (C=N–C) groups is 1. The lowest BCUT2D eigenvalue weighted by Crippen LogP contribution is -2.34. The number of benzene rings is 3. The third kappa shape index (κ3) is 8.14. The van der Waals surface area contributed by atoms with Crippen LogP contribution >= 0.6 is 11.6 Å². The van der Waals surface area contributed by atoms with Gasteiger partial charge in [0.25, 0.3) is 0 Å². The Morgan fingerprint density at radius 1 is 0.886 bits per heavy atom. The van der Waals surface area contributed by atoms with Gasteiger partial charge in [0.05, 0.1) is 11.4 Å². The number of hydrogen-bond acceptors (Lipinski definition) is 3. The fourth-order valence-corrected chi connectivity index (χ4v) is 7.43. The zero-order valence-electron chi connectivity index (χ0n) is 26.4. The van der Waals surface area contributed by atoms with Gasteiger partial charge < -0.3 is 14.6 Å². The summed E-state index contributed by atoms with van der Waals surface area (Å²) in [6, 6.07) is 23.0. The molecule has 3 aromatic carbocycles. The van der Waals surface area contributed by atoms with Crippen molar-refractivity contribution in [2.75, 3.05) is 26.2 Å². The van der Waals surface area contributed by atoms with Crippen LogP contribution in [0.15, 0.2) is 77.9 Å². The Bertz CT molecular complexity index is 1520. The molecule has 6 rings (SSSR count). The zero-order valence-corrected chi connectivity index (χ0v) is 27.1. The molecule has 1 N–H and O–H groups in total. The van der Waals surface area contributed by atoms with Crippen LogP contribution < -0.4 is 4.74 Å². The van der Waals surface area contributed by atoms with Crippen molar-refractivity contribution in [3.63, 3.8) is 0 Å². The number of aromatic nitrogens is 1. The van der Waals surface area contributed by atoms with Crippen LogP contribution in [0.4, 0.5) is 5.69 Å². The van der Waals surface area contributed by atoms with Gasteiger partial charge in [0.2, 0.25) is 0 Å². The minimum atomic E-state index is 0.533. The molecule has 3 heterocycles. The Morgan fingerprint density at radius 3 is 2.57 bits per heavy atom. The quantitative estimate of drug-likeness (QED) is 0.153. The highest BCUT2D eigenvalue weighted by Gasteiger charge is 2.22. The van der Waals surface area contributed by atoms with E-state index in [1.807, 2.05) is 24.3 Å². The SMILES string of the molecule is Cc1cccc2c1N=C(COc1ccc(Cl)cc1)CCC2CCCCCC1CCN(CCCc2c[nH]c3ccccc23)CC1. The first-order valence-electron chi connectivity index (χ1n) is 16.9. The fourth-order valence-electron chi connectivity index (χ4n) is 7.31. The maximum absolute atomic E-state index is 6.08. The monoisotopic (exact) mass is 609 g/mol. The molecule has 232 valence electrons. The maximum Gasteiger partial charge on any atom is 0.126 e. The van der Waals surface area contributed by atoms with Crippen LogP contribution in [0.5, 0.6) is 5.75 Å². The van der Waals surface area contributed by atoms with Gasteiger partial charge in [0.1, 0.15) is 12.4 Å². The molecular formula is C39H48ClN3O. The first kappa shape index (κ1) is 30.9. The topological polar surface area (TPSA) is 40.6 Å². The van der Waals surface area contributed by atoms with Crippen LogP contribution in [-0.4, -0.2) is 41.8 Å². The first-order chi connectivity index (χ1) is 21.6. The van der Waals surface area contributed by atoms with Crippen molar-refractivity contribution < 1.29 is 4.74 Å². The number of aromatic amines is 1.